The molecule has 0 N–H and O–H groups in total. The molecule has 0 atom stereocenters. The third kappa shape index (κ3) is 4.93. The van der Waals surface area contributed by atoms with Crippen LogP contribution in [-0.2, 0) is 9.53 Å². The van der Waals surface area contributed by atoms with Gasteiger partial charge in [0, 0.05) is 30.4 Å². The lowest BCUT2D eigenvalue weighted by atomic mass is 10.1. The molecule has 34 heavy (non-hydrogen) atoms. The van der Waals surface area contributed by atoms with Gasteiger partial charge in [-0.3, -0.25) is 4.79 Å². The molecule has 0 radical (unpaired) electrons. The lowest BCUT2D eigenvalue weighted by Crippen LogP contribution is -2.38. The maximum atomic E-state index is 12.7. The number of aromatic nitrogens is 2. The van der Waals surface area contributed by atoms with Gasteiger partial charge in [-0.15, -0.1) is 0 Å². The highest BCUT2D eigenvalue weighted by Crippen LogP contribution is 2.34. The second kappa shape index (κ2) is 9.87. The monoisotopic (exact) mass is 474 g/mol. The molecule has 1 amide bonds. The maximum absolute atomic E-state index is 12.7. The van der Waals surface area contributed by atoms with E-state index < -0.39 is 0 Å². The van der Waals surface area contributed by atoms with Gasteiger partial charge in [-0.05, 0) is 68.1 Å². The first-order valence-corrected chi connectivity index (χ1v) is 12.2. The normalized spacial score (nSPS) is 17.5. The molecule has 174 valence electrons. The average Bonchev–Trinajstić information content (AvgIpc) is 3.44. The molecule has 2 aliphatic heterocycles. The Labute approximate surface area is 203 Å². The number of morpholine rings is 1. The molecule has 3 aromatic rings. The molecule has 2 aliphatic rings. The Morgan fingerprint density at radius 1 is 1.06 bits per heavy atom. The predicted molar refractivity (Wildman–Crippen MR) is 135 cm³/mol. The van der Waals surface area contributed by atoms with E-state index in [9.17, 15) is 4.79 Å². The highest BCUT2D eigenvalue weighted by molar-refractivity contribution is 8.18. The highest BCUT2D eigenvalue weighted by Gasteiger charge is 2.28. The molecule has 3 heterocycles. The molecule has 5 rings (SSSR count). The zero-order valence-electron chi connectivity index (χ0n) is 19.2. The SMILES string of the molecule is CC(C)Oc1ccc(-c2nn(-c3ccccc3)cc2C=C2SC(N3CCOCC3)=NC2=O)cc1. The maximum Gasteiger partial charge on any atom is 0.286 e. The smallest absolute Gasteiger partial charge is 0.286 e. The second-order valence-electron chi connectivity index (χ2n) is 8.31. The van der Waals surface area contributed by atoms with E-state index >= 15 is 0 Å². The number of nitrogens with zero attached hydrogens (tertiary/aromatic N) is 4. The molecule has 1 saturated heterocycles. The molecule has 0 bridgehead atoms. The summed E-state index contributed by atoms with van der Waals surface area (Å²) in [7, 11) is 0. The largest absolute Gasteiger partial charge is 0.491 e. The molecule has 0 aliphatic carbocycles. The zero-order chi connectivity index (χ0) is 23.5. The van der Waals surface area contributed by atoms with Crippen molar-refractivity contribution in [2.75, 3.05) is 26.3 Å². The standard InChI is InChI=1S/C26H26N4O3S/c1-18(2)33-22-10-8-19(9-11-22)24-20(17-30(28-24)21-6-4-3-5-7-21)16-23-25(31)27-26(34-23)29-12-14-32-15-13-29/h3-11,16-18H,12-15H2,1-2H3. The molecule has 0 saturated carbocycles. The van der Waals surface area contributed by atoms with Gasteiger partial charge in [0.1, 0.15) is 5.75 Å². The van der Waals surface area contributed by atoms with Gasteiger partial charge in [0.15, 0.2) is 5.17 Å². The van der Waals surface area contributed by atoms with Crippen molar-refractivity contribution in [3.8, 4) is 22.7 Å². The summed E-state index contributed by atoms with van der Waals surface area (Å²) in [6.45, 7) is 6.80. The quantitative estimate of drug-likeness (QED) is 0.503. The van der Waals surface area contributed by atoms with E-state index in [2.05, 4.69) is 9.89 Å². The Hall–Kier alpha value is -3.36. The summed E-state index contributed by atoms with van der Waals surface area (Å²) < 4.78 is 13.1. The predicted octanol–water partition coefficient (Wildman–Crippen LogP) is 4.63. The molecule has 1 fully saturated rings. The van der Waals surface area contributed by atoms with Crippen LogP contribution in [0.15, 0.2) is 70.7 Å². The van der Waals surface area contributed by atoms with Crippen molar-refractivity contribution >= 4 is 28.9 Å². The van der Waals surface area contributed by atoms with Gasteiger partial charge in [-0.1, -0.05) is 18.2 Å². The van der Waals surface area contributed by atoms with Crippen molar-refractivity contribution in [3.05, 3.63) is 71.3 Å². The van der Waals surface area contributed by atoms with Gasteiger partial charge in [-0.25, -0.2) is 4.68 Å². The minimum absolute atomic E-state index is 0.106. The molecular weight excluding hydrogens is 448 g/mol. The number of para-hydroxylation sites is 1. The molecule has 8 heteroatoms. The van der Waals surface area contributed by atoms with Crippen LogP contribution in [-0.4, -0.2) is 58.2 Å². The van der Waals surface area contributed by atoms with Gasteiger partial charge >= 0.3 is 0 Å². The zero-order valence-corrected chi connectivity index (χ0v) is 20.0. The second-order valence-corrected chi connectivity index (χ2v) is 9.32. The number of benzene rings is 2. The van der Waals surface area contributed by atoms with Gasteiger partial charge in [0.25, 0.3) is 5.91 Å². The van der Waals surface area contributed by atoms with E-state index in [4.69, 9.17) is 14.6 Å². The summed E-state index contributed by atoms with van der Waals surface area (Å²) in [4.78, 5) is 19.7. The van der Waals surface area contributed by atoms with Crippen molar-refractivity contribution in [3.63, 3.8) is 0 Å². The number of carbonyl (C=O) groups is 1. The molecule has 2 aromatic carbocycles. The van der Waals surface area contributed by atoms with Crippen LogP contribution in [0.3, 0.4) is 0 Å². The number of hydrogen-bond acceptors (Lipinski definition) is 6. The first-order chi connectivity index (χ1) is 16.6. The number of rotatable bonds is 5. The first kappa shape index (κ1) is 22.4. The lowest BCUT2D eigenvalue weighted by molar-refractivity contribution is -0.113. The van der Waals surface area contributed by atoms with Crippen molar-refractivity contribution in [1.29, 1.82) is 0 Å². The van der Waals surface area contributed by atoms with E-state index in [-0.39, 0.29) is 12.0 Å². The van der Waals surface area contributed by atoms with Crippen LogP contribution in [0.5, 0.6) is 5.75 Å². The Morgan fingerprint density at radius 3 is 2.50 bits per heavy atom. The van der Waals surface area contributed by atoms with E-state index in [0.717, 1.165) is 46.5 Å². The Morgan fingerprint density at radius 2 is 1.79 bits per heavy atom. The third-order valence-electron chi connectivity index (χ3n) is 5.44. The number of aliphatic imine (C=N–C) groups is 1. The average molecular weight is 475 g/mol. The van der Waals surface area contributed by atoms with Crippen LogP contribution < -0.4 is 4.74 Å². The summed E-state index contributed by atoms with van der Waals surface area (Å²) in [5.41, 5.74) is 3.54. The van der Waals surface area contributed by atoms with Gasteiger partial charge in [0.2, 0.25) is 0 Å². The number of ether oxygens (including phenoxy) is 2. The van der Waals surface area contributed by atoms with Crippen molar-refractivity contribution in [1.82, 2.24) is 14.7 Å². The molecular formula is C26H26N4O3S. The number of thioether (sulfide) groups is 1. The number of hydrogen-bond donors (Lipinski definition) is 0. The Bertz CT molecular complexity index is 1230. The number of amides is 1. The highest BCUT2D eigenvalue weighted by atomic mass is 32.2. The van der Waals surface area contributed by atoms with Gasteiger partial charge in [-0.2, -0.15) is 10.1 Å². The minimum atomic E-state index is -0.217. The fraction of sp³-hybridized carbons (Fsp3) is 0.269. The van der Waals surface area contributed by atoms with E-state index in [1.165, 1.54) is 11.8 Å². The molecule has 0 spiro atoms. The first-order valence-electron chi connectivity index (χ1n) is 11.3. The van der Waals surface area contributed by atoms with E-state index in [1.54, 1.807) is 0 Å². The Balaban J connectivity index is 1.48. The van der Waals surface area contributed by atoms with Crippen LogP contribution in [0.25, 0.3) is 23.0 Å². The number of amidine groups is 1. The summed E-state index contributed by atoms with van der Waals surface area (Å²) in [5.74, 6) is 0.594. The fourth-order valence-electron chi connectivity index (χ4n) is 3.82. The van der Waals surface area contributed by atoms with E-state index in [1.807, 2.05) is 85.4 Å². The van der Waals surface area contributed by atoms with Crippen LogP contribution in [0.1, 0.15) is 19.4 Å². The third-order valence-corrected chi connectivity index (χ3v) is 6.48. The van der Waals surface area contributed by atoms with Crippen molar-refractivity contribution < 1.29 is 14.3 Å². The number of carbonyl (C=O) groups excluding carboxylic acids is 1. The van der Waals surface area contributed by atoms with Crippen LogP contribution in [0.2, 0.25) is 0 Å². The fourth-order valence-corrected chi connectivity index (χ4v) is 4.78. The summed E-state index contributed by atoms with van der Waals surface area (Å²) in [6.07, 6.45) is 3.95. The minimum Gasteiger partial charge on any atom is -0.491 e. The topological polar surface area (TPSA) is 68.9 Å². The van der Waals surface area contributed by atoms with Crippen molar-refractivity contribution in [2.45, 2.75) is 20.0 Å². The van der Waals surface area contributed by atoms with Crippen LogP contribution >= 0.6 is 11.8 Å². The van der Waals surface area contributed by atoms with Gasteiger partial charge in [0.05, 0.1) is 35.6 Å². The molecule has 7 nitrogen and oxygen atoms in total. The molecule has 0 unspecified atom stereocenters. The summed E-state index contributed by atoms with van der Waals surface area (Å²) in [5, 5.41) is 5.61. The summed E-state index contributed by atoms with van der Waals surface area (Å²) >= 11 is 1.41. The van der Waals surface area contributed by atoms with E-state index in [0.29, 0.717) is 18.1 Å². The summed E-state index contributed by atoms with van der Waals surface area (Å²) in [6, 6.07) is 17.8. The lowest BCUT2D eigenvalue weighted by Gasteiger charge is -2.27. The van der Waals surface area contributed by atoms with Gasteiger partial charge < -0.3 is 14.4 Å². The van der Waals surface area contributed by atoms with Crippen molar-refractivity contribution in [2.24, 2.45) is 4.99 Å². The Kier molecular flexibility index (Phi) is 6.51. The molecule has 1 aromatic heterocycles. The van der Waals surface area contributed by atoms with Crippen LogP contribution in [0, 0.1) is 0 Å². The van der Waals surface area contributed by atoms with Crippen LogP contribution in [0.4, 0.5) is 0 Å².